The van der Waals surface area contributed by atoms with Crippen LogP contribution in [0.25, 0.3) is 0 Å². The Kier molecular flexibility index (Phi) is 5.03. The molecule has 14 heavy (non-hydrogen) atoms. The number of hydrogen-bond donors (Lipinski definition) is 1. The van der Waals surface area contributed by atoms with E-state index in [0.717, 1.165) is 36.1 Å². The molecule has 6 heteroatoms. The number of aryl methyl sites for hydroxylation is 1. The second-order valence-electron chi connectivity index (χ2n) is 2.93. The van der Waals surface area contributed by atoms with Gasteiger partial charge in [-0.15, -0.1) is 0 Å². The summed E-state index contributed by atoms with van der Waals surface area (Å²) < 4.78 is 14.9. The van der Waals surface area contributed by atoms with Crippen molar-refractivity contribution in [3.63, 3.8) is 0 Å². The minimum absolute atomic E-state index is 0.692. The number of nitrogens with one attached hydrogen (secondary N) is 1. The summed E-state index contributed by atoms with van der Waals surface area (Å²) >= 11 is 1.38. The first-order valence-electron chi connectivity index (χ1n) is 4.59. The Balaban J connectivity index is 2.21. The van der Waals surface area contributed by atoms with Gasteiger partial charge in [-0.05, 0) is 6.42 Å². The van der Waals surface area contributed by atoms with E-state index in [-0.39, 0.29) is 0 Å². The molecular weight excluding hydrogens is 218 g/mol. The molecule has 1 atom stereocenters. The number of nitrogens with zero attached hydrogens (tertiary/aromatic N) is 2. The lowest BCUT2D eigenvalue weighted by Gasteiger charge is -1.99. The van der Waals surface area contributed by atoms with E-state index in [1.807, 2.05) is 6.92 Å². The van der Waals surface area contributed by atoms with Crippen molar-refractivity contribution in [2.75, 3.05) is 23.9 Å². The van der Waals surface area contributed by atoms with Crippen molar-refractivity contribution >= 4 is 27.5 Å². The highest BCUT2D eigenvalue weighted by Gasteiger charge is 2.00. The van der Waals surface area contributed by atoms with Gasteiger partial charge in [0.15, 0.2) is 0 Å². The third-order valence-corrected chi connectivity index (χ3v) is 3.24. The fraction of sp³-hybridized carbons (Fsp3) is 0.750. The third kappa shape index (κ3) is 4.15. The van der Waals surface area contributed by atoms with Gasteiger partial charge in [-0.1, -0.05) is 6.92 Å². The Morgan fingerprint density at radius 1 is 1.57 bits per heavy atom. The van der Waals surface area contributed by atoms with Crippen LogP contribution >= 0.6 is 11.5 Å². The quantitative estimate of drug-likeness (QED) is 0.752. The van der Waals surface area contributed by atoms with Gasteiger partial charge >= 0.3 is 0 Å². The van der Waals surface area contributed by atoms with E-state index in [2.05, 4.69) is 14.7 Å². The lowest BCUT2D eigenvalue weighted by Crippen LogP contribution is -2.05. The topological polar surface area (TPSA) is 54.9 Å². The molecule has 4 nitrogen and oxygen atoms in total. The van der Waals surface area contributed by atoms with E-state index in [1.165, 1.54) is 11.5 Å². The lowest BCUT2D eigenvalue weighted by molar-refractivity contribution is 0.685. The van der Waals surface area contributed by atoms with Crippen molar-refractivity contribution in [2.24, 2.45) is 0 Å². The summed E-state index contributed by atoms with van der Waals surface area (Å²) in [5, 5.41) is 4.03. The number of hydrogen-bond acceptors (Lipinski definition) is 5. The van der Waals surface area contributed by atoms with Crippen LogP contribution in [0.2, 0.25) is 0 Å². The van der Waals surface area contributed by atoms with Crippen molar-refractivity contribution in [1.82, 2.24) is 9.36 Å². The summed E-state index contributed by atoms with van der Waals surface area (Å²) in [6, 6.07) is 0. The average molecular weight is 233 g/mol. The highest BCUT2D eigenvalue weighted by Crippen LogP contribution is 2.10. The highest BCUT2D eigenvalue weighted by molar-refractivity contribution is 7.84. The Labute approximate surface area is 90.8 Å². The molecule has 0 amide bonds. The predicted octanol–water partition coefficient (Wildman–Crippen LogP) is 1.28. The van der Waals surface area contributed by atoms with Crippen molar-refractivity contribution in [1.29, 1.82) is 0 Å². The maximum atomic E-state index is 10.8. The van der Waals surface area contributed by atoms with Crippen molar-refractivity contribution in [3.05, 3.63) is 5.82 Å². The second-order valence-corrected chi connectivity index (χ2v) is 5.23. The minimum atomic E-state index is -0.692. The van der Waals surface area contributed by atoms with Gasteiger partial charge in [-0.3, -0.25) is 4.21 Å². The van der Waals surface area contributed by atoms with Gasteiger partial charge in [0.2, 0.25) is 5.13 Å². The van der Waals surface area contributed by atoms with Crippen LogP contribution in [-0.4, -0.2) is 32.1 Å². The molecule has 1 N–H and O–H groups in total. The summed E-state index contributed by atoms with van der Waals surface area (Å²) in [5.74, 6) is 1.63. The normalized spacial score (nSPS) is 12.7. The molecular formula is C8H15N3OS2. The van der Waals surface area contributed by atoms with Gasteiger partial charge in [0.05, 0.1) is 0 Å². The fourth-order valence-electron chi connectivity index (χ4n) is 0.940. The van der Waals surface area contributed by atoms with Crippen molar-refractivity contribution in [3.8, 4) is 0 Å². The van der Waals surface area contributed by atoms with Crippen LogP contribution in [0.15, 0.2) is 0 Å². The van der Waals surface area contributed by atoms with Gasteiger partial charge in [0, 0.05) is 47.3 Å². The van der Waals surface area contributed by atoms with Crippen LogP contribution in [0.4, 0.5) is 5.13 Å². The number of rotatable bonds is 6. The molecule has 0 aromatic carbocycles. The first-order valence-corrected chi connectivity index (χ1v) is 7.09. The Morgan fingerprint density at radius 2 is 2.36 bits per heavy atom. The maximum absolute atomic E-state index is 10.8. The van der Waals surface area contributed by atoms with E-state index < -0.39 is 10.8 Å². The molecule has 0 saturated carbocycles. The summed E-state index contributed by atoms with van der Waals surface area (Å²) in [7, 11) is -0.692. The SMILES string of the molecule is CCc1nsc(NCCCS(C)=O)n1. The van der Waals surface area contributed by atoms with E-state index in [0.29, 0.717) is 0 Å². The summed E-state index contributed by atoms with van der Waals surface area (Å²) in [5.41, 5.74) is 0. The van der Waals surface area contributed by atoms with E-state index in [1.54, 1.807) is 6.26 Å². The largest absolute Gasteiger partial charge is 0.360 e. The van der Waals surface area contributed by atoms with Crippen LogP contribution in [0, 0.1) is 0 Å². The summed E-state index contributed by atoms with van der Waals surface area (Å²) in [6.45, 7) is 2.85. The first-order chi connectivity index (χ1) is 6.72. The summed E-state index contributed by atoms with van der Waals surface area (Å²) in [6.07, 6.45) is 3.50. The molecule has 1 aromatic heterocycles. The van der Waals surface area contributed by atoms with Gasteiger partial charge in [-0.2, -0.15) is 4.37 Å². The fourth-order valence-corrected chi connectivity index (χ4v) is 2.17. The molecule has 0 bridgehead atoms. The molecule has 0 spiro atoms. The Morgan fingerprint density at radius 3 is 2.93 bits per heavy atom. The van der Waals surface area contributed by atoms with Gasteiger partial charge in [-0.25, -0.2) is 4.98 Å². The third-order valence-electron chi connectivity index (χ3n) is 1.67. The Bertz CT molecular complexity index is 301. The zero-order valence-corrected chi connectivity index (χ0v) is 10.1. The Hall–Kier alpha value is -0.490. The van der Waals surface area contributed by atoms with E-state index in [4.69, 9.17) is 0 Å². The average Bonchev–Trinajstić information content (AvgIpc) is 2.60. The smallest absolute Gasteiger partial charge is 0.202 e. The van der Waals surface area contributed by atoms with Gasteiger partial charge < -0.3 is 5.32 Å². The van der Waals surface area contributed by atoms with E-state index in [9.17, 15) is 4.21 Å². The van der Waals surface area contributed by atoms with Crippen LogP contribution < -0.4 is 5.32 Å². The molecule has 0 radical (unpaired) electrons. The van der Waals surface area contributed by atoms with Crippen LogP contribution in [-0.2, 0) is 17.2 Å². The zero-order valence-electron chi connectivity index (χ0n) is 8.45. The summed E-state index contributed by atoms with van der Waals surface area (Å²) in [4.78, 5) is 4.27. The molecule has 0 aliphatic rings. The molecule has 0 aliphatic carbocycles. The van der Waals surface area contributed by atoms with Gasteiger partial charge in [0.1, 0.15) is 5.82 Å². The monoisotopic (exact) mass is 233 g/mol. The van der Waals surface area contributed by atoms with E-state index >= 15 is 0 Å². The van der Waals surface area contributed by atoms with Crippen molar-refractivity contribution < 1.29 is 4.21 Å². The van der Waals surface area contributed by atoms with Gasteiger partial charge in [0.25, 0.3) is 0 Å². The minimum Gasteiger partial charge on any atom is -0.360 e. The maximum Gasteiger partial charge on any atom is 0.202 e. The van der Waals surface area contributed by atoms with Crippen LogP contribution in [0.3, 0.4) is 0 Å². The first kappa shape index (κ1) is 11.6. The molecule has 1 unspecified atom stereocenters. The molecule has 1 aromatic rings. The molecule has 1 rings (SSSR count). The number of aromatic nitrogens is 2. The highest BCUT2D eigenvalue weighted by atomic mass is 32.2. The molecule has 1 heterocycles. The molecule has 0 aliphatic heterocycles. The molecule has 0 fully saturated rings. The lowest BCUT2D eigenvalue weighted by atomic mass is 10.5. The molecule has 0 saturated heterocycles. The number of anilines is 1. The predicted molar refractivity (Wildman–Crippen MR) is 61.3 cm³/mol. The van der Waals surface area contributed by atoms with Crippen LogP contribution in [0.1, 0.15) is 19.2 Å². The van der Waals surface area contributed by atoms with Crippen LogP contribution in [0.5, 0.6) is 0 Å². The molecule has 80 valence electrons. The second kappa shape index (κ2) is 6.08. The zero-order chi connectivity index (χ0) is 10.4. The standard InChI is InChI=1S/C8H15N3OS2/c1-3-7-10-8(13-11-7)9-5-4-6-14(2)12/h3-6H2,1-2H3,(H,9,10,11). The van der Waals surface area contributed by atoms with Crippen molar-refractivity contribution in [2.45, 2.75) is 19.8 Å².